The third-order valence-electron chi connectivity index (χ3n) is 5.10. The first-order valence-electron chi connectivity index (χ1n) is 10.4. The van der Waals surface area contributed by atoms with Crippen molar-refractivity contribution in [2.45, 2.75) is 64.3 Å². The van der Waals surface area contributed by atoms with Crippen molar-refractivity contribution in [1.29, 1.82) is 0 Å². The van der Waals surface area contributed by atoms with E-state index in [0.717, 1.165) is 11.9 Å². The minimum absolute atomic E-state index is 0.0630. The Kier molecular flexibility index (Phi) is 6.67. The van der Waals surface area contributed by atoms with Crippen molar-refractivity contribution in [3.05, 3.63) is 58.6 Å². The topological polar surface area (TPSA) is 76.9 Å². The van der Waals surface area contributed by atoms with Crippen molar-refractivity contribution in [2.24, 2.45) is 0 Å². The highest BCUT2D eigenvalue weighted by molar-refractivity contribution is 7.92. The standard InChI is InChI=1S/C23H28ClFN4O2S/c1-7-29-21(14(2)3)26-27-22(29)18-17(13-16(25)20(24)19(18)23(4,5)6)28-32(30,31)15-11-9-8-10-12-15/h8-14,28H,7H2,1-6H3. The zero-order chi connectivity index (χ0) is 23.8. The molecule has 0 saturated heterocycles. The molecule has 0 saturated carbocycles. The zero-order valence-corrected chi connectivity index (χ0v) is 20.6. The lowest BCUT2D eigenvalue weighted by Crippen LogP contribution is -2.20. The number of hydrogen-bond donors (Lipinski definition) is 1. The molecule has 0 aliphatic heterocycles. The number of hydrogen-bond acceptors (Lipinski definition) is 4. The third kappa shape index (κ3) is 4.52. The first kappa shape index (κ1) is 24.2. The van der Waals surface area contributed by atoms with Crippen LogP contribution in [0.1, 0.15) is 58.8 Å². The number of benzene rings is 2. The maximum Gasteiger partial charge on any atom is 0.261 e. The Morgan fingerprint density at radius 1 is 1.16 bits per heavy atom. The van der Waals surface area contributed by atoms with Crippen LogP contribution in [0.15, 0.2) is 41.3 Å². The molecule has 172 valence electrons. The minimum Gasteiger partial charge on any atom is -0.311 e. The molecule has 0 amide bonds. The number of sulfonamides is 1. The molecule has 0 fully saturated rings. The quantitative estimate of drug-likeness (QED) is 0.472. The number of rotatable bonds is 6. The molecule has 0 spiro atoms. The summed E-state index contributed by atoms with van der Waals surface area (Å²) >= 11 is 6.45. The zero-order valence-electron chi connectivity index (χ0n) is 19.1. The van der Waals surface area contributed by atoms with Crippen LogP contribution in [0.25, 0.3) is 11.4 Å². The number of nitrogens with one attached hydrogen (secondary N) is 1. The van der Waals surface area contributed by atoms with Crippen molar-refractivity contribution in [3.8, 4) is 11.4 Å². The van der Waals surface area contributed by atoms with Gasteiger partial charge in [-0.25, -0.2) is 12.8 Å². The van der Waals surface area contributed by atoms with Gasteiger partial charge in [-0.05, 0) is 30.0 Å². The molecule has 0 aliphatic carbocycles. The summed E-state index contributed by atoms with van der Waals surface area (Å²) < 4.78 is 45.6. The highest BCUT2D eigenvalue weighted by Gasteiger charge is 2.32. The molecular formula is C23H28ClFN4O2S. The van der Waals surface area contributed by atoms with Crippen molar-refractivity contribution < 1.29 is 12.8 Å². The normalized spacial score (nSPS) is 12.4. The maximum atomic E-state index is 14.9. The lowest BCUT2D eigenvalue weighted by atomic mass is 9.82. The number of halogens is 2. The molecule has 0 atom stereocenters. The predicted octanol–water partition coefficient (Wildman–Crippen LogP) is 5.98. The van der Waals surface area contributed by atoms with Gasteiger partial charge in [0.05, 0.1) is 15.6 Å². The molecule has 1 N–H and O–H groups in total. The first-order valence-corrected chi connectivity index (χ1v) is 12.3. The molecule has 3 rings (SSSR count). The summed E-state index contributed by atoms with van der Waals surface area (Å²) in [6.45, 7) is 12.2. The summed E-state index contributed by atoms with van der Waals surface area (Å²) in [5.41, 5.74) is 0.342. The van der Waals surface area contributed by atoms with Crippen LogP contribution in [-0.2, 0) is 22.0 Å². The Morgan fingerprint density at radius 2 is 1.78 bits per heavy atom. The van der Waals surface area contributed by atoms with E-state index in [2.05, 4.69) is 14.9 Å². The molecule has 6 nitrogen and oxygen atoms in total. The molecule has 2 aromatic carbocycles. The fraction of sp³-hybridized carbons (Fsp3) is 0.391. The molecule has 0 unspecified atom stereocenters. The molecule has 9 heteroatoms. The Hall–Kier alpha value is -2.45. The van der Waals surface area contributed by atoms with Gasteiger partial charge in [0.15, 0.2) is 5.82 Å². The van der Waals surface area contributed by atoms with E-state index >= 15 is 0 Å². The van der Waals surface area contributed by atoms with Crippen LogP contribution in [-0.4, -0.2) is 23.2 Å². The van der Waals surface area contributed by atoms with E-state index in [1.165, 1.54) is 12.1 Å². The molecule has 0 aliphatic rings. The molecule has 0 radical (unpaired) electrons. The summed E-state index contributed by atoms with van der Waals surface area (Å²) in [6, 6.07) is 9.04. The van der Waals surface area contributed by atoms with Gasteiger partial charge in [-0.2, -0.15) is 0 Å². The van der Waals surface area contributed by atoms with E-state index < -0.39 is 21.3 Å². The van der Waals surface area contributed by atoms with E-state index in [9.17, 15) is 12.8 Å². The first-order chi connectivity index (χ1) is 14.9. The SMILES string of the molecule is CCn1c(-c2c(NS(=O)(=O)c3ccccc3)cc(F)c(Cl)c2C(C)(C)C)nnc1C(C)C. The van der Waals surface area contributed by atoms with Crippen molar-refractivity contribution in [2.75, 3.05) is 4.72 Å². The second-order valence-corrected chi connectivity index (χ2v) is 11.0. The van der Waals surface area contributed by atoms with Gasteiger partial charge >= 0.3 is 0 Å². The average molecular weight is 479 g/mol. The monoisotopic (exact) mass is 478 g/mol. The van der Waals surface area contributed by atoms with Crippen molar-refractivity contribution >= 4 is 27.3 Å². The lowest BCUT2D eigenvalue weighted by molar-refractivity contribution is 0.573. The summed E-state index contributed by atoms with van der Waals surface area (Å²) in [7, 11) is -3.98. The third-order valence-corrected chi connectivity index (χ3v) is 6.85. The van der Waals surface area contributed by atoms with Crippen LogP contribution in [0.2, 0.25) is 5.02 Å². The van der Waals surface area contributed by atoms with Gasteiger partial charge in [-0.3, -0.25) is 4.72 Å². The van der Waals surface area contributed by atoms with E-state index in [1.54, 1.807) is 18.2 Å². The maximum absolute atomic E-state index is 14.9. The summed E-state index contributed by atoms with van der Waals surface area (Å²) in [5.74, 6) is 0.570. The Morgan fingerprint density at radius 3 is 2.31 bits per heavy atom. The second kappa shape index (κ2) is 8.83. The fourth-order valence-electron chi connectivity index (χ4n) is 3.69. The Balaban J connectivity index is 2.36. The lowest BCUT2D eigenvalue weighted by Gasteiger charge is -2.27. The molecule has 1 heterocycles. The van der Waals surface area contributed by atoms with Crippen LogP contribution in [0, 0.1) is 5.82 Å². The number of anilines is 1. The van der Waals surface area contributed by atoms with Crippen LogP contribution >= 0.6 is 11.6 Å². The van der Waals surface area contributed by atoms with Crippen molar-refractivity contribution in [3.63, 3.8) is 0 Å². The predicted molar refractivity (Wildman–Crippen MR) is 126 cm³/mol. The van der Waals surface area contributed by atoms with Crippen LogP contribution in [0.3, 0.4) is 0 Å². The number of aromatic nitrogens is 3. The van der Waals surface area contributed by atoms with E-state index in [0.29, 0.717) is 23.5 Å². The Labute approximate surface area is 193 Å². The minimum atomic E-state index is -3.98. The van der Waals surface area contributed by atoms with Gasteiger partial charge in [0, 0.05) is 24.1 Å². The average Bonchev–Trinajstić information content (AvgIpc) is 3.14. The van der Waals surface area contributed by atoms with Gasteiger partial charge < -0.3 is 4.57 Å². The van der Waals surface area contributed by atoms with E-state index in [4.69, 9.17) is 11.6 Å². The van der Waals surface area contributed by atoms with Crippen LogP contribution in [0.4, 0.5) is 10.1 Å². The fourth-order valence-corrected chi connectivity index (χ4v) is 5.20. The molecule has 32 heavy (non-hydrogen) atoms. The van der Waals surface area contributed by atoms with Gasteiger partial charge in [0.2, 0.25) is 0 Å². The van der Waals surface area contributed by atoms with Gasteiger partial charge in [-0.1, -0.05) is 64.4 Å². The van der Waals surface area contributed by atoms with Crippen LogP contribution < -0.4 is 4.72 Å². The van der Waals surface area contributed by atoms with E-state index in [-0.39, 0.29) is 21.5 Å². The van der Waals surface area contributed by atoms with Gasteiger partial charge in [0.25, 0.3) is 10.0 Å². The van der Waals surface area contributed by atoms with Gasteiger partial charge in [-0.15, -0.1) is 10.2 Å². The molecule has 3 aromatic rings. The smallest absolute Gasteiger partial charge is 0.261 e. The molecule has 1 aromatic heterocycles. The molecule has 0 bridgehead atoms. The number of nitrogens with zero attached hydrogens (tertiary/aromatic N) is 3. The Bertz CT molecular complexity index is 1230. The van der Waals surface area contributed by atoms with Crippen molar-refractivity contribution in [1.82, 2.24) is 14.8 Å². The van der Waals surface area contributed by atoms with E-state index in [1.807, 2.05) is 46.1 Å². The second-order valence-electron chi connectivity index (χ2n) is 8.92. The molecular weight excluding hydrogens is 451 g/mol. The summed E-state index contributed by atoms with van der Waals surface area (Å²) in [5, 5.41) is 8.65. The van der Waals surface area contributed by atoms with Crippen LogP contribution in [0.5, 0.6) is 0 Å². The van der Waals surface area contributed by atoms with Gasteiger partial charge in [0.1, 0.15) is 11.6 Å². The summed E-state index contributed by atoms with van der Waals surface area (Å²) in [6.07, 6.45) is 0. The largest absolute Gasteiger partial charge is 0.311 e. The highest BCUT2D eigenvalue weighted by atomic mass is 35.5. The highest BCUT2D eigenvalue weighted by Crippen LogP contribution is 2.44. The summed E-state index contributed by atoms with van der Waals surface area (Å²) in [4.78, 5) is 0.0680.